The van der Waals surface area contributed by atoms with E-state index in [-0.39, 0.29) is 6.54 Å². The number of carbonyl (C=O) groups excluding carboxylic acids is 2. The minimum Gasteiger partial charge on any atom is -0.329 e. The summed E-state index contributed by atoms with van der Waals surface area (Å²) in [6.07, 6.45) is 0. The van der Waals surface area contributed by atoms with Crippen LogP contribution in [0.5, 0.6) is 0 Å². The van der Waals surface area contributed by atoms with Gasteiger partial charge in [0, 0.05) is 10.0 Å². The predicted octanol–water partition coefficient (Wildman–Crippen LogP) is 5.06. The van der Waals surface area contributed by atoms with Gasteiger partial charge in [-0.3, -0.25) is 4.79 Å². The van der Waals surface area contributed by atoms with Crippen molar-refractivity contribution in [3.8, 4) is 0 Å². The second-order valence-electron chi connectivity index (χ2n) is 4.60. The van der Waals surface area contributed by atoms with Gasteiger partial charge >= 0.3 is 6.03 Å². The van der Waals surface area contributed by atoms with Gasteiger partial charge in [0.15, 0.2) is 0 Å². The van der Waals surface area contributed by atoms with Crippen molar-refractivity contribution in [2.24, 2.45) is 0 Å². The van der Waals surface area contributed by atoms with E-state index in [1.54, 1.807) is 24.3 Å². The summed E-state index contributed by atoms with van der Waals surface area (Å²) in [5.41, 5.74) is 0.689. The van der Waals surface area contributed by atoms with Crippen molar-refractivity contribution in [3.05, 3.63) is 56.5 Å². The largest absolute Gasteiger partial charge is 0.329 e. The van der Waals surface area contributed by atoms with Crippen molar-refractivity contribution in [2.75, 3.05) is 17.2 Å². The average molecular weight is 407 g/mol. The summed E-state index contributed by atoms with van der Waals surface area (Å²) in [4.78, 5) is 23.7. The van der Waals surface area contributed by atoms with E-state index in [9.17, 15) is 9.59 Å². The number of hydrogen-bond acceptors (Lipinski definition) is 2. The smallest absolute Gasteiger partial charge is 0.319 e. The van der Waals surface area contributed by atoms with Gasteiger partial charge in [-0.2, -0.15) is 0 Å². The zero-order chi connectivity index (χ0) is 17.7. The molecule has 0 aliphatic heterocycles. The van der Waals surface area contributed by atoms with Crippen LogP contribution in [-0.2, 0) is 4.79 Å². The highest BCUT2D eigenvalue weighted by molar-refractivity contribution is 6.36. The number of amides is 3. The first-order valence-electron chi connectivity index (χ1n) is 6.60. The van der Waals surface area contributed by atoms with E-state index in [1.165, 1.54) is 12.1 Å². The molecule has 0 unspecified atom stereocenters. The summed E-state index contributed by atoms with van der Waals surface area (Å²) in [7, 11) is 0. The van der Waals surface area contributed by atoms with Crippen molar-refractivity contribution in [3.63, 3.8) is 0 Å². The van der Waals surface area contributed by atoms with Crippen LogP contribution >= 0.6 is 46.4 Å². The standard InChI is InChI=1S/C15H11Cl4N3O2/c16-8-1-3-10(18)12(5-8)21-14(23)7-20-15(24)22-13-6-9(17)2-4-11(13)19/h1-6H,7H2,(H,21,23)(H2,20,22,24). The number of hydrogen-bond donors (Lipinski definition) is 3. The van der Waals surface area contributed by atoms with Gasteiger partial charge in [0.25, 0.3) is 0 Å². The van der Waals surface area contributed by atoms with Crippen LogP contribution in [0.25, 0.3) is 0 Å². The molecule has 0 fully saturated rings. The summed E-state index contributed by atoms with van der Waals surface area (Å²) >= 11 is 23.5. The van der Waals surface area contributed by atoms with Crippen LogP contribution in [-0.4, -0.2) is 18.5 Å². The molecule has 2 rings (SSSR count). The van der Waals surface area contributed by atoms with E-state index in [1.807, 2.05) is 0 Å². The van der Waals surface area contributed by atoms with E-state index >= 15 is 0 Å². The van der Waals surface area contributed by atoms with Crippen molar-refractivity contribution in [1.82, 2.24) is 5.32 Å². The van der Waals surface area contributed by atoms with E-state index < -0.39 is 11.9 Å². The number of halogens is 4. The van der Waals surface area contributed by atoms with Gasteiger partial charge < -0.3 is 16.0 Å². The molecule has 3 N–H and O–H groups in total. The van der Waals surface area contributed by atoms with Gasteiger partial charge in [-0.15, -0.1) is 0 Å². The van der Waals surface area contributed by atoms with Gasteiger partial charge in [0.1, 0.15) is 0 Å². The van der Waals surface area contributed by atoms with Crippen LogP contribution in [0.3, 0.4) is 0 Å². The molecule has 126 valence electrons. The van der Waals surface area contributed by atoms with Gasteiger partial charge in [0.2, 0.25) is 5.91 Å². The number of rotatable bonds is 4. The Morgan fingerprint density at radius 3 is 1.83 bits per heavy atom. The van der Waals surface area contributed by atoms with E-state index in [2.05, 4.69) is 16.0 Å². The fraction of sp³-hybridized carbons (Fsp3) is 0.0667. The van der Waals surface area contributed by atoms with E-state index in [0.29, 0.717) is 31.5 Å². The third-order valence-corrected chi connectivity index (χ3v) is 3.92. The number of anilines is 2. The molecule has 0 aromatic heterocycles. The summed E-state index contributed by atoms with van der Waals surface area (Å²) in [6.45, 7) is -0.271. The SMILES string of the molecule is O=C(CNC(=O)Nc1cc(Cl)ccc1Cl)Nc1cc(Cl)ccc1Cl. The van der Waals surface area contributed by atoms with Crippen LogP contribution in [0.2, 0.25) is 20.1 Å². The third kappa shape index (κ3) is 5.46. The first-order valence-corrected chi connectivity index (χ1v) is 8.11. The Kier molecular flexibility index (Phi) is 6.57. The highest BCUT2D eigenvalue weighted by Gasteiger charge is 2.10. The lowest BCUT2D eigenvalue weighted by atomic mass is 10.3. The van der Waals surface area contributed by atoms with Crippen molar-refractivity contribution in [2.45, 2.75) is 0 Å². The maximum absolute atomic E-state index is 11.9. The lowest BCUT2D eigenvalue weighted by molar-refractivity contribution is -0.115. The fourth-order valence-corrected chi connectivity index (χ4v) is 2.38. The zero-order valence-corrected chi connectivity index (χ0v) is 15.0. The lowest BCUT2D eigenvalue weighted by Crippen LogP contribution is -2.35. The Bertz CT molecular complexity index is 718. The summed E-state index contributed by atoms with van der Waals surface area (Å²) in [5, 5.41) is 8.94. The summed E-state index contributed by atoms with van der Waals surface area (Å²) in [6, 6.07) is 8.69. The normalized spacial score (nSPS) is 10.2. The summed E-state index contributed by atoms with van der Waals surface area (Å²) in [5.74, 6) is -0.466. The predicted molar refractivity (Wildman–Crippen MR) is 98.6 cm³/mol. The molecule has 0 saturated heterocycles. The average Bonchev–Trinajstić information content (AvgIpc) is 2.52. The second-order valence-corrected chi connectivity index (χ2v) is 6.29. The Hall–Kier alpha value is -1.66. The van der Waals surface area contributed by atoms with Crippen LogP contribution < -0.4 is 16.0 Å². The molecule has 0 aliphatic carbocycles. The highest BCUT2D eigenvalue weighted by atomic mass is 35.5. The van der Waals surface area contributed by atoms with E-state index in [4.69, 9.17) is 46.4 Å². The van der Waals surface area contributed by atoms with Crippen molar-refractivity contribution in [1.29, 1.82) is 0 Å². The molecule has 0 bridgehead atoms. The van der Waals surface area contributed by atoms with Crippen LogP contribution in [0.15, 0.2) is 36.4 Å². The maximum Gasteiger partial charge on any atom is 0.319 e. The van der Waals surface area contributed by atoms with Gasteiger partial charge in [-0.1, -0.05) is 46.4 Å². The summed E-state index contributed by atoms with van der Waals surface area (Å²) < 4.78 is 0. The lowest BCUT2D eigenvalue weighted by Gasteiger charge is -2.10. The van der Waals surface area contributed by atoms with Crippen molar-refractivity contribution >= 4 is 69.7 Å². The van der Waals surface area contributed by atoms with Gasteiger partial charge in [-0.05, 0) is 36.4 Å². The monoisotopic (exact) mass is 405 g/mol. The molecule has 9 heteroatoms. The Balaban J connectivity index is 1.88. The molecule has 24 heavy (non-hydrogen) atoms. The topological polar surface area (TPSA) is 70.2 Å². The highest BCUT2D eigenvalue weighted by Crippen LogP contribution is 2.26. The Morgan fingerprint density at radius 2 is 1.29 bits per heavy atom. The fourth-order valence-electron chi connectivity index (χ4n) is 1.71. The number of benzene rings is 2. The molecule has 2 aromatic carbocycles. The van der Waals surface area contributed by atoms with Crippen LogP contribution in [0.1, 0.15) is 0 Å². The number of urea groups is 1. The maximum atomic E-state index is 11.9. The number of carbonyl (C=O) groups is 2. The zero-order valence-electron chi connectivity index (χ0n) is 12.0. The molecule has 0 spiro atoms. The molecule has 3 amide bonds. The first-order chi connectivity index (χ1) is 11.3. The van der Waals surface area contributed by atoms with Crippen LogP contribution in [0, 0.1) is 0 Å². The Labute approximate surface area is 158 Å². The minimum atomic E-state index is -0.605. The molecule has 0 atom stereocenters. The molecular weight excluding hydrogens is 396 g/mol. The van der Waals surface area contributed by atoms with Gasteiger partial charge in [0.05, 0.1) is 28.0 Å². The molecule has 5 nitrogen and oxygen atoms in total. The molecule has 0 heterocycles. The first kappa shape index (κ1) is 18.7. The third-order valence-electron chi connectivity index (χ3n) is 2.79. The minimum absolute atomic E-state index is 0.271. The number of nitrogens with one attached hydrogen (secondary N) is 3. The molecule has 0 aliphatic rings. The quantitative estimate of drug-likeness (QED) is 0.663. The van der Waals surface area contributed by atoms with Crippen molar-refractivity contribution < 1.29 is 9.59 Å². The van der Waals surface area contributed by atoms with Crippen LogP contribution in [0.4, 0.5) is 16.2 Å². The van der Waals surface area contributed by atoms with Gasteiger partial charge in [-0.25, -0.2) is 4.79 Å². The molecular formula is C15H11Cl4N3O2. The molecule has 0 radical (unpaired) electrons. The second kappa shape index (κ2) is 8.44. The Morgan fingerprint density at radius 1 is 0.792 bits per heavy atom. The van der Waals surface area contributed by atoms with E-state index in [0.717, 1.165) is 0 Å². The molecule has 0 saturated carbocycles. The molecule has 2 aromatic rings.